The van der Waals surface area contributed by atoms with Gasteiger partial charge in [-0.05, 0) is 35.6 Å². The SMILES string of the molecule is O=C(CCc1ccc(F)cc1)Nc1nc(-c2cccs2)cs1. The number of hydrogen-bond donors (Lipinski definition) is 1. The summed E-state index contributed by atoms with van der Waals surface area (Å²) in [5.74, 6) is -0.353. The third-order valence-corrected chi connectivity index (χ3v) is 4.73. The molecule has 0 aliphatic rings. The van der Waals surface area contributed by atoms with Gasteiger partial charge >= 0.3 is 0 Å². The van der Waals surface area contributed by atoms with Crippen molar-refractivity contribution in [2.24, 2.45) is 0 Å². The van der Waals surface area contributed by atoms with Gasteiger partial charge < -0.3 is 5.32 Å². The van der Waals surface area contributed by atoms with Crippen LogP contribution in [0.1, 0.15) is 12.0 Å². The number of halogens is 1. The molecule has 1 N–H and O–H groups in total. The van der Waals surface area contributed by atoms with Gasteiger partial charge in [-0.1, -0.05) is 18.2 Å². The lowest BCUT2D eigenvalue weighted by atomic mass is 10.1. The Balaban J connectivity index is 1.54. The first-order valence-electron chi connectivity index (χ1n) is 6.74. The zero-order valence-corrected chi connectivity index (χ0v) is 13.2. The first-order chi connectivity index (χ1) is 10.7. The minimum atomic E-state index is -0.267. The number of aryl methyl sites for hydroxylation is 1. The summed E-state index contributed by atoms with van der Waals surface area (Å²) in [7, 11) is 0. The van der Waals surface area contributed by atoms with Gasteiger partial charge in [0.1, 0.15) is 5.82 Å². The lowest BCUT2D eigenvalue weighted by molar-refractivity contribution is -0.116. The van der Waals surface area contributed by atoms with Gasteiger partial charge in [0.15, 0.2) is 5.13 Å². The zero-order chi connectivity index (χ0) is 15.4. The van der Waals surface area contributed by atoms with Crippen molar-refractivity contribution in [1.29, 1.82) is 0 Å². The summed E-state index contributed by atoms with van der Waals surface area (Å²) in [4.78, 5) is 17.4. The number of carbonyl (C=O) groups is 1. The number of carbonyl (C=O) groups excluding carboxylic acids is 1. The molecule has 6 heteroatoms. The summed E-state index contributed by atoms with van der Waals surface area (Å²) >= 11 is 3.03. The van der Waals surface area contributed by atoms with Gasteiger partial charge in [-0.15, -0.1) is 22.7 Å². The standard InChI is InChI=1S/C16H13FN2OS2/c17-12-6-3-11(4-7-12)5-8-15(20)19-16-18-13(10-22-16)14-2-1-9-21-14/h1-4,6-7,9-10H,5,8H2,(H,18,19,20). The molecule has 112 valence electrons. The highest BCUT2D eigenvalue weighted by atomic mass is 32.1. The highest BCUT2D eigenvalue weighted by Crippen LogP contribution is 2.28. The molecule has 22 heavy (non-hydrogen) atoms. The van der Waals surface area contributed by atoms with Crippen molar-refractivity contribution in [2.75, 3.05) is 5.32 Å². The molecule has 0 saturated heterocycles. The average molecular weight is 332 g/mol. The fourth-order valence-electron chi connectivity index (χ4n) is 1.96. The fraction of sp³-hybridized carbons (Fsp3) is 0.125. The second-order valence-corrected chi connectivity index (χ2v) is 6.50. The van der Waals surface area contributed by atoms with Crippen LogP contribution in [0.5, 0.6) is 0 Å². The van der Waals surface area contributed by atoms with Crippen LogP contribution in [-0.4, -0.2) is 10.9 Å². The van der Waals surface area contributed by atoms with Crippen LogP contribution in [0.4, 0.5) is 9.52 Å². The Kier molecular flexibility index (Phi) is 4.60. The van der Waals surface area contributed by atoms with Gasteiger partial charge in [0.2, 0.25) is 5.91 Å². The van der Waals surface area contributed by atoms with E-state index in [1.807, 2.05) is 22.9 Å². The number of thiophene rings is 1. The molecular formula is C16H13FN2OS2. The number of benzene rings is 1. The van der Waals surface area contributed by atoms with E-state index >= 15 is 0 Å². The molecule has 0 fully saturated rings. The summed E-state index contributed by atoms with van der Waals surface area (Å²) < 4.78 is 12.8. The molecular weight excluding hydrogens is 319 g/mol. The van der Waals surface area contributed by atoms with Crippen molar-refractivity contribution < 1.29 is 9.18 Å². The van der Waals surface area contributed by atoms with Gasteiger partial charge in [-0.25, -0.2) is 9.37 Å². The van der Waals surface area contributed by atoms with E-state index in [1.54, 1.807) is 23.5 Å². The van der Waals surface area contributed by atoms with Crippen LogP contribution in [0.15, 0.2) is 47.2 Å². The lowest BCUT2D eigenvalue weighted by Crippen LogP contribution is -2.12. The van der Waals surface area contributed by atoms with E-state index in [-0.39, 0.29) is 11.7 Å². The minimum absolute atomic E-state index is 0.0867. The number of amides is 1. The lowest BCUT2D eigenvalue weighted by Gasteiger charge is -2.02. The van der Waals surface area contributed by atoms with Gasteiger partial charge in [-0.3, -0.25) is 4.79 Å². The molecule has 0 aliphatic heterocycles. The Morgan fingerprint density at radius 3 is 2.73 bits per heavy atom. The second-order valence-electron chi connectivity index (χ2n) is 4.69. The number of thiazole rings is 1. The van der Waals surface area contributed by atoms with Gasteiger partial charge in [0.05, 0.1) is 10.6 Å². The Labute approximate surface area is 135 Å². The monoisotopic (exact) mass is 332 g/mol. The van der Waals surface area contributed by atoms with E-state index < -0.39 is 0 Å². The molecule has 1 aromatic carbocycles. The highest BCUT2D eigenvalue weighted by molar-refractivity contribution is 7.16. The first kappa shape index (κ1) is 14.9. The summed E-state index contributed by atoms with van der Waals surface area (Å²) in [5, 5.41) is 7.34. The molecule has 0 atom stereocenters. The van der Waals surface area contributed by atoms with Crippen LogP contribution < -0.4 is 5.32 Å². The Morgan fingerprint density at radius 2 is 2.00 bits per heavy atom. The zero-order valence-electron chi connectivity index (χ0n) is 11.6. The molecule has 0 bridgehead atoms. The topological polar surface area (TPSA) is 42.0 Å². The van der Waals surface area contributed by atoms with Crippen LogP contribution in [0.2, 0.25) is 0 Å². The van der Waals surface area contributed by atoms with Gasteiger partial charge in [-0.2, -0.15) is 0 Å². The predicted octanol–water partition coefficient (Wildman–Crippen LogP) is 4.58. The fourth-order valence-corrected chi connectivity index (χ4v) is 3.45. The van der Waals surface area contributed by atoms with Crippen molar-refractivity contribution in [1.82, 2.24) is 4.98 Å². The minimum Gasteiger partial charge on any atom is -0.302 e. The van der Waals surface area contributed by atoms with Crippen LogP contribution in [0, 0.1) is 5.82 Å². The number of nitrogens with one attached hydrogen (secondary N) is 1. The maximum absolute atomic E-state index is 12.8. The molecule has 1 amide bonds. The summed E-state index contributed by atoms with van der Waals surface area (Å²) in [6.07, 6.45) is 0.925. The molecule has 2 aromatic heterocycles. The molecule has 0 unspecified atom stereocenters. The van der Waals surface area contributed by atoms with E-state index in [1.165, 1.54) is 23.5 Å². The quantitative estimate of drug-likeness (QED) is 0.743. The van der Waals surface area contributed by atoms with Crippen LogP contribution in [0.3, 0.4) is 0 Å². The Bertz CT molecular complexity index is 751. The van der Waals surface area contributed by atoms with Crippen LogP contribution >= 0.6 is 22.7 Å². The van der Waals surface area contributed by atoms with Crippen LogP contribution in [-0.2, 0) is 11.2 Å². The normalized spacial score (nSPS) is 10.6. The molecule has 0 spiro atoms. The molecule has 0 radical (unpaired) electrons. The van der Waals surface area contributed by atoms with E-state index in [0.29, 0.717) is 18.0 Å². The highest BCUT2D eigenvalue weighted by Gasteiger charge is 2.09. The van der Waals surface area contributed by atoms with Crippen molar-refractivity contribution in [3.8, 4) is 10.6 Å². The third-order valence-electron chi connectivity index (χ3n) is 3.08. The Hall–Kier alpha value is -2.05. The van der Waals surface area contributed by atoms with E-state index in [4.69, 9.17) is 0 Å². The van der Waals surface area contributed by atoms with Gasteiger partial charge in [0, 0.05) is 11.8 Å². The molecule has 0 saturated carbocycles. The second kappa shape index (κ2) is 6.81. The summed E-state index contributed by atoms with van der Waals surface area (Å²) in [6, 6.07) is 10.2. The molecule has 3 rings (SSSR count). The number of anilines is 1. The van der Waals surface area contributed by atoms with E-state index in [9.17, 15) is 9.18 Å². The predicted molar refractivity (Wildman–Crippen MR) is 88.8 cm³/mol. The maximum Gasteiger partial charge on any atom is 0.226 e. The Morgan fingerprint density at radius 1 is 1.18 bits per heavy atom. The van der Waals surface area contributed by atoms with E-state index in [2.05, 4.69) is 10.3 Å². The number of rotatable bonds is 5. The van der Waals surface area contributed by atoms with Crippen molar-refractivity contribution >= 4 is 33.7 Å². The number of nitrogens with zero attached hydrogens (tertiary/aromatic N) is 1. The van der Waals surface area contributed by atoms with Crippen LogP contribution in [0.25, 0.3) is 10.6 Å². The van der Waals surface area contributed by atoms with Crippen molar-refractivity contribution in [2.45, 2.75) is 12.8 Å². The maximum atomic E-state index is 12.8. The largest absolute Gasteiger partial charge is 0.302 e. The first-order valence-corrected chi connectivity index (χ1v) is 8.50. The molecule has 3 aromatic rings. The van der Waals surface area contributed by atoms with E-state index in [0.717, 1.165) is 16.1 Å². The van der Waals surface area contributed by atoms with Gasteiger partial charge in [0.25, 0.3) is 0 Å². The smallest absolute Gasteiger partial charge is 0.226 e. The van der Waals surface area contributed by atoms with Crippen molar-refractivity contribution in [3.05, 3.63) is 58.5 Å². The number of hydrogen-bond acceptors (Lipinski definition) is 4. The number of aromatic nitrogens is 1. The summed E-state index contributed by atoms with van der Waals surface area (Å²) in [5.41, 5.74) is 1.82. The molecule has 2 heterocycles. The average Bonchev–Trinajstić information content (AvgIpc) is 3.17. The summed E-state index contributed by atoms with van der Waals surface area (Å²) in [6.45, 7) is 0. The van der Waals surface area contributed by atoms with Crippen molar-refractivity contribution in [3.63, 3.8) is 0 Å². The molecule has 3 nitrogen and oxygen atoms in total. The molecule has 0 aliphatic carbocycles. The third kappa shape index (κ3) is 3.78.